The quantitative estimate of drug-likeness (QED) is 0.754. The van der Waals surface area contributed by atoms with Crippen LogP contribution < -0.4 is 0 Å². The van der Waals surface area contributed by atoms with Gasteiger partial charge in [0.25, 0.3) is 10.1 Å². The third kappa shape index (κ3) is 4.22. The van der Waals surface area contributed by atoms with Crippen LogP contribution in [0.25, 0.3) is 0 Å². The molecule has 0 saturated carbocycles. The molecular formula is C12H15NO5S. The van der Waals surface area contributed by atoms with Crippen molar-refractivity contribution >= 4 is 16.2 Å². The summed E-state index contributed by atoms with van der Waals surface area (Å²) in [6.45, 7) is 0.619. The van der Waals surface area contributed by atoms with Crippen LogP contribution >= 0.6 is 0 Å². The first-order chi connectivity index (χ1) is 8.94. The van der Waals surface area contributed by atoms with Gasteiger partial charge >= 0.3 is 6.09 Å². The first kappa shape index (κ1) is 13.8. The highest BCUT2D eigenvalue weighted by Crippen LogP contribution is 2.15. The molecule has 1 aliphatic rings. The predicted molar refractivity (Wildman–Crippen MR) is 67.9 cm³/mol. The van der Waals surface area contributed by atoms with Crippen molar-refractivity contribution in [3.63, 3.8) is 0 Å². The Morgan fingerprint density at radius 2 is 2.05 bits per heavy atom. The number of hydrogen-bond donors (Lipinski definition) is 0. The number of cyclic esters (lactones) is 1. The predicted octanol–water partition coefficient (Wildman–Crippen LogP) is 0.984. The molecular weight excluding hydrogens is 270 g/mol. The third-order valence-corrected chi connectivity index (χ3v) is 3.20. The maximum absolute atomic E-state index is 11.6. The van der Waals surface area contributed by atoms with Gasteiger partial charge in [0.15, 0.2) is 0 Å². The first-order valence-corrected chi connectivity index (χ1v) is 7.59. The molecule has 0 radical (unpaired) electrons. The lowest BCUT2D eigenvalue weighted by Gasteiger charge is -2.12. The summed E-state index contributed by atoms with van der Waals surface area (Å²) in [7, 11) is -3.52. The number of benzene rings is 1. The summed E-state index contributed by atoms with van der Waals surface area (Å²) in [5, 5.41) is 0. The fraction of sp³-hybridized carbons (Fsp3) is 0.417. The van der Waals surface area contributed by atoms with E-state index in [0.29, 0.717) is 13.1 Å². The van der Waals surface area contributed by atoms with Gasteiger partial charge in [-0.2, -0.15) is 8.42 Å². The van der Waals surface area contributed by atoms with Gasteiger partial charge < -0.3 is 9.64 Å². The van der Waals surface area contributed by atoms with Crippen LogP contribution in [0.1, 0.15) is 5.56 Å². The third-order valence-electron chi connectivity index (χ3n) is 2.63. The molecule has 1 amide bonds. The van der Waals surface area contributed by atoms with Crippen molar-refractivity contribution in [1.82, 2.24) is 4.90 Å². The summed E-state index contributed by atoms with van der Waals surface area (Å²) in [6, 6.07) is 9.50. The fourth-order valence-electron chi connectivity index (χ4n) is 1.79. The molecule has 1 saturated heterocycles. The maximum Gasteiger partial charge on any atom is 0.410 e. The Bertz CT molecular complexity index is 542. The zero-order chi connectivity index (χ0) is 13.9. The standard InChI is InChI=1S/C12H15NO5S/c1-19(15,16)17-9-11-8-13(12(14)18-11)7-10-5-3-2-4-6-10/h2-6,11H,7-9H2,1H3. The van der Waals surface area contributed by atoms with E-state index in [4.69, 9.17) is 4.74 Å². The molecule has 0 bridgehead atoms. The van der Waals surface area contributed by atoms with Crippen LogP contribution in [0.3, 0.4) is 0 Å². The molecule has 104 valence electrons. The van der Waals surface area contributed by atoms with Crippen molar-refractivity contribution in [2.45, 2.75) is 12.6 Å². The Labute approximate surface area is 112 Å². The van der Waals surface area contributed by atoms with Crippen molar-refractivity contribution in [1.29, 1.82) is 0 Å². The summed E-state index contributed by atoms with van der Waals surface area (Å²) in [5.41, 5.74) is 0.990. The van der Waals surface area contributed by atoms with Crippen LogP contribution in [0.5, 0.6) is 0 Å². The second-order valence-corrected chi connectivity index (χ2v) is 6.00. The highest BCUT2D eigenvalue weighted by molar-refractivity contribution is 7.85. The van der Waals surface area contributed by atoms with Crippen molar-refractivity contribution in [2.75, 3.05) is 19.4 Å². The van der Waals surface area contributed by atoms with Crippen molar-refractivity contribution in [3.05, 3.63) is 35.9 Å². The minimum absolute atomic E-state index is 0.143. The van der Waals surface area contributed by atoms with E-state index in [1.165, 1.54) is 4.90 Å². The Morgan fingerprint density at radius 1 is 1.37 bits per heavy atom. The van der Waals surface area contributed by atoms with E-state index in [9.17, 15) is 13.2 Å². The topological polar surface area (TPSA) is 72.9 Å². The minimum Gasteiger partial charge on any atom is -0.442 e. The normalized spacial score (nSPS) is 19.5. The molecule has 0 aromatic heterocycles. The van der Waals surface area contributed by atoms with Crippen molar-refractivity contribution in [2.24, 2.45) is 0 Å². The Balaban J connectivity index is 1.89. The molecule has 1 fully saturated rings. The van der Waals surface area contributed by atoms with E-state index in [-0.39, 0.29) is 6.61 Å². The summed E-state index contributed by atoms with van der Waals surface area (Å²) in [5.74, 6) is 0. The molecule has 1 unspecified atom stereocenters. The van der Waals surface area contributed by atoms with E-state index in [1.54, 1.807) is 0 Å². The zero-order valence-corrected chi connectivity index (χ0v) is 11.3. The number of carbonyl (C=O) groups excluding carboxylic acids is 1. The number of amides is 1. The second kappa shape index (κ2) is 5.58. The van der Waals surface area contributed by atoms with Gasteiger partial charge in [0.1, 0.15) is 12.7 Å². The largest absolute Gasteiger partial charge is 0.442 e. The summed E-state index contributed by atoms with van der Waals surface area (Å²) in [6.07, 6.45) is -0.0391. The van der Waals surface area contributed by atoms with Gasteiger partial charge in [-0.15, -0.1) is 0 Å². The summed E-state index contributed by atoms with van der Waals surface area (Å²) in [4.78, 5) is 13.1. The van der Waals surface area contributed by atoms with Gasteiger partial charge in [-0.05, 0) is 5.56 Å². The lowest BCUT2D eigenvalue weighted by molar-refractivity contribution is 0.104. The molecule has 2 rings (SSSR count). The van der Waals surface area contributed by atoms with Crippen LogP contribution in [0.2, 0.25) is 0 Å². The molecule has 6 nitrogen and oxygen atoms in total. The fourth-order valence-corrected chi connectivity index (χ4v) is 2.19. The maximum atomic E-state index is 11.6. The van der Waals surface area contributed by atoms with Crippen LogP contribution in [-0.2, 0) is 25.6 Å². The molecule has 19 heavy (non-hydrogen) atoms. The number of rotatable bonds is 5. The van der Waals surface area contributed by atoms with Gasteiger partial charge in [0.05, 0.1) is 12.8 Å². The van der Waals surface area contributed by atoms with Crippen LogP contribution in [0, 0.1) is 0 Å². The van der Waals surface area contributed by atoms with Gasteiger partial charge in [0.2, 0.25) is 0 Å². The molecule has 7 heteroatoms. The van der Waals surface area contributed by atoms with E-state index >= 15 is 0 Å². The van der Waals surface area contributed by atoms with Crippen LogP contribution in [0.4, 0.5) is 4.79 Å². The van der Waals surface area contributed by atoms with E-state index in [0.717, 1.165) is 11.8 Å². The highest BCUT2D eigenvalue weighted by atomic mass is 32.2. The van der Waals surface area contributed by atoms with Gasteiger partial charge in [-0.3, -0.25) is 4.18 Å². The van der Waals surface area contributed by atoms with E-state index in [1.807, 2.05) is 30.3 Å². The van der Waals surface area contributed by atoms with Crippen molar-refractivity contribution < 1.29 is 22.1 Å². The van der Waals surface area contributed by atoms with E-state index < -0.39 is 22.3 Å². The van der Waals surface area contributed by atoms with Crippen molar-refractivity contribution in [3.8, 4) is 0 Å². The van der Waals surface area contributed by atoms with Crippen LogP contribution in [-0.4, -0.2) is 44.9 Å². The number of nitrogens with zero attached hydrogens (tertiary/aromatic N) is 1. The van der Waals surface area contributed by atoms with Gasteiger partial charge in [0, 0.05) is 6.54 Å². The molecule has 1 aliphatic heterocycles. The lowest BCUT2D eigenvalue weighted by Crippen LogP contribution is -2.26. The summed E-state index contributed by atoms with van der Waals surface area (Å²) >= 11 is 0. The first-order valence-electron chi connectivity index (χ1n) is 5.78. The molecule has 1 aromatic rings. The monoisotopic (exact) mass is 285 g/mol. The summed E-state index contributed by atoms with van der Waals surface area (Å²) < 4.78 is 31.4. The number of hydrogen-bond acceptors (Lipinski definition) is 5. The average molecular weight is 285 g/mol. The average Bonchev–Trinajstić information content (AvgIpc) is 2.68. The van der Waals surface area contributed by atoms with Gasteiger partial charge in [-0.25, -0.2) is 4.79 Å². The SMILES string of the molecule is CS(=O)(=O)OCC1CN(Cc2ccccc2)C(=O)O1. The van der Waals surface area contributed by atoms with Crippen LogP contribution in [0.15, 0.2) is 30.3 Å². The molecule has 1 heterocycles. The minimum atomic E-state index is -3.52. The molecule has 0 aliphatic carbocycles. The van der Waals surface area contributed by atoms with Gasteiger partial charge in [-0.1, -0.05) is 30.3 Å². The highest BCUT2D eigenvalue weighted by Gasteiger charge is 2.31. The second-order valence-electron chi connectivity index (χ2n) is 4.36. The lowest BCUT2D eigenvalue weighted by atomic mass is 10.2. The zero-order valence-electron chi connectivity index (χ0n) is 10.5. The Kier molecular flexibility index (Phi) is 4.06. The number of carbonyl (C=O) groups is 1. The Morgan fingerprint density at radius 3 is 2.68 bits per heavy atom. The molecule has 1 aromatic carbocycles. The number of ether oxygens (including phenoxy) is 1. The molecule has 0 spiro atoms. The smallest absolute Gasteiger partial charge is 0.410 e. The molecule has 0 N–H and O–H groups in total. The Hall–Kier alpha value is -1.60. The molecule has 1 atom stereocenters. The van der Waals surface area contributed by atoms with E-state index in [2.05, 4.69) is 4.18 Å².